The van der Waals surface area contributed by atoms with Crippen LogP contribution in [-0.2, 0) is 14.3 Å². The van der Waals surface area contributed by atoms with Crippen molar-refractivity contribution in [2.75, 3.05) is 57.3 Å². The number of benzene rings is 1. The highest BCUT2D eigenvalue weighted by molar-refractivity contribution is 7.13. The molecule has 0 aliphatic carbocycles. The topological polar surface area (TPSA) is 173 Å². The van der Waals surface area contributed by atoms with Gasteiger partial charge in [-0.2, -0.15) is 0 Å². The molecule has 3 aliphatic rings. The van der Waals surface area contributed by atoms with Crippen LogP contribution in [-0.4, -0.2) is 135 Å². The summed E-state index contributed by atoms with van der Waals surface area (Å²) in [4.78, 5) is 76.2. The van der Waals surface area contributed by atoms with Gasteiger partial charge in [-0.3, -0.25) is 19.3 Å². The molecule has 59 heavy (non-hydrogen) atoms. The molecule has 4 amide bonds. The number of piperidine rings is 1. The number of nitrogens with zero attached hydrogens (tertiary/aromatic N) is 7. The van der Waals surface area contributed by atoms with E-state index in [0.717, 1.165) is 67.3 Å². The molecule has 3 aliphatic heterocycles. The maximum absolute atomic E-state index is 14.2. The third-order valence-corrected chi connectivity index (χ3v) is 12.4. The lowest BCUT2D eigenvalue weighted by Crippen LogP contribution is -2.58. The van der Waals surface area contributed by atoms with E-state index >= 15 is 0 Å². The first-order valence-electron chi connectivity index (χ1n) is 20.7. The number of ether oxygens (including phenoxy) is 1. The Balaban J connectivity index is 1.00. The Kier molecular flexibility index (Phi) is 13.6. The number of aromatic nitrogens is 3. The Hall–Kier alpha value is -4.67. The summed E-state index contributed by atoms with van der Waals surface area (Å²) in [5.41, 5.74) is 3.59. The second-order valence-corrected chi connectivity index (χ2v) is 19.1. The van der Waals surface area contributed by atoms with E-state index in [1.165, 1.54) is 11.1 Å². The molecular weight excluding hydrogens is 771 g/mol. The Bertz CT molecular complexity index is 1930. The van der Waals surface area contributed by atoms with Crippen molar-refractivity contribution in [3.63, 3.8) is 0 Å². The van der Waals surface area contributed by atoms with Crippen LogP contribution in [0.4, 0.5) is 10.6 Å². The van der Waals surface area contributed by atoms with Crippen LogP contribution in [0.25, 0.3) is 10.4 Å². The van der Waals surface area contributed by atoms with Gasteiger partial charge in [0.05, 0.1) is 40.6 Å². The normalized spacial score (nSPS) is 20.6. The molecule has 2 aromatic heterocycles. The first kappa shape index (κ1) is 43.9. The van der Waals surface area contributed by atoms with E-state index in [-0.39, 0.29) is 36.7 Å². The first-order valence-corrected chi connectivity index (χ1v) is 21.6. The number of hydrogen-bond donors (Lipinski definition) is 3. The van der Waals surface area contributed by atoms with Gasteiger partial charge in [0.15, 0.2) is 0 Å². The number of rotatable bonds is 10. The zero-order valence-electron chi connectivity index (χ0n) is 35.7. The predicted molar refractivity (Wildman–Crippen MR) is 227 cm³/mol. The molecule has 3 N–H and O–H groups in total. The van der Waals surface area contributed by atoms with Gasteiger partial charge < -0.3 is 35.2 Å². The van der Waals surface area contributed by atoms with Crippen molar-refractivity contribution in [2.24, 2.45) is 11.3 Å². The van der Waals surface area contributed by atoms with E-state index in [2.05, 4.69) is 35.4 Å². The molecule has 320 valence electrons. The lowest BCUT2D eigenvalue weighted by molar-refractivity contribution is -0.142. The van der Waals surface area contributed by atoms with Crippen molar-refractivity contribution in [2.45, 2.75) is 104 Å². The van der Waals surface area contributed by atoms with Crippen molar-refractivity contribution >= 4 is 41.0 Å². The minimum Gasteiger partial charge on any atom is -0.444 e. The highest BCUT2D eigenvalue weighted by Gasteiger charge is 2.45. The lowest BCUT2D eigenvalue weighted by Gasteiger charge is -2.39. The van der Waals surface area contributed by atoms with E-state index in [1.54, 1.807) is 17.5 Å². The fourth-order valence-electron chi connectivity index (χ4n) is 7.97. The second-order valence-electron chi connectivity index (χ2n) is 18.2. The fourth-order valence-corrected chi connectivity index (χ4v) is 8.78. The van der Waals surface area contributed by atoms with Gasteiger partial charge in [-0.15, -0.1) is 11.3 Å². The zero-order valence-corrected chi connectivity index (χ0v) is 36.6. The Labute approximate surface area is 351 Å². The molecule has 0 spiro atoms. The number of aryl methyl sites for hydroxylation is 1. The zero-order chi connectivity index (χ0) is 42.6. The Morgan fingerprint density at radius 1 is 0.915 bits per heavy atom. The molecule has 3 saturated heterocycles. The smallest absolute Gasteiger partial charge is 0.410 e. The van der Waals surface area contributed by atoms with Crippen molar-refractivity contribution in [1.29, 1.82) is 0 Å². The maximum Gasteiger partial charge on any atom is 0.410 e. The van der Waals surface area contributed by atoms with Crippen molar-refractivity contribution in [3.05, 3.63) is 59.1 Å². The van der Waals surface area contributed by atoms with Gasteiger partial charge in [-0.1, -0.05) is 45.0 Å². The number of aliphatic hydroxyl groups excluding tert-OH is 1. The average Bonchev–Trinajstić information content (AvgIpc) is 3.81. The number of piperazine rings is 1. The van der Waals surface area contributed by atoms with Gasteiger partial charge in [0, 0.05) is 58.8 Å². The SMILES string of the molecule is Cc1ncsc1-c1ccc([C@H](C)NC(=O)[C@@H]2C[C@@H](O)CN2C(=O)[C@@H](NC(=O)c2cnc(N3CCN(CC4CCN(C(=O)OC(C)(C)C)CC4)CC3)cn2)C(C)(C)C)cc1. The standard InChI is InChI=1S/C43H61N9O6S/c1-27(30-9-11-31(12-10-30)36-28(2)46-26-59-36)47-39(55)34-21-32(53)25-52(34)40(56)37(42(3,4)5)48-38(54)33-22-45-35(23-44-33)50-19-17-49(18-20-50)24-29-13-15-51(16-14-29)41(57)58-43(6,7)8/h9-12,22-23,26-27,29,32,34,37,53H,13-21,24-25H2,1-8H3,(H,47,55)(H,48,54)/t27-,32+,34-,37+/m0/s1. The third kappa shape index (κ3) is 11.1. The molecule has 16 heteroatoms. The van der Waals surface area contributed by atoms with Crippen LogP contribution in [0.1, 0.15) is 95.5 Å². The van der Waals surface area contributed by atoms with E-state index in [9.17, 15) is 24.3 Å². The van der Waals surface area contributed by atoms with Crippen molar-refractivity contribution < 1.29 is 29.0 Å². The van der Waals surface area contributed by atoms with E-state index < -0.39 is 41.0 Å². The molecule has 3 fully saturated rings. The highest BCUT2D eigenvalue weighted by Crippen LogP contribution is 2.30. The summed E-state index contributed by atoms with van der Waals surface area (Å²) in [7, 11) is 0. The van der Waals surface area contributed by atoms with Gasteiger partial charge >= 0.3 is 6.09 Å². The molecule has 5 heterocycles. The molecule has 3 aromatic rings. The summed E-state index contributed by atoms with van der Waals surface area (Å²) in [6, 6.07) is 5.69. The number of β-amino-alcohol motifs (C(OH)–C–C–N with tert-alkyl or cyclic N) is 1. The number of thiazole rings is 1. The van der Waals surface area contributed by atoms with Crippen LogP contribution < -0.4 is 15.5 Å². The molecule has 1 aromatic carbocycles. The Morgan fingerprint density at radius 3 is 2.17 bits per heavy atom. The van der Waals surface area contributed by atoms with E-state index in [0.29, 0.717) is 24.8 Å². The number of anilines is 1. The lowest BCUT2D eigenvalue weighted by atomic mass is 9.85. The van der Waals surface area contributed by atoms with E-state index in [4.69, 9.17) is 4.74 Å². The van der Waals surface area contributed by atoms with Crippen LogP contribution >= 0.6 is 11.3 Å². The highest BCUT2D eigenvalue weighted by atomic mass is 32.1. The molecule has 0 radical (unpaired) electrons. The van der Waals surface area contributed by atoms with Crippen LogP contribution in [0.15, 0.2) is 42.2 Å². The average molecular weight is 832 g/mol. The minimum absolute atomic E-state index is 0.0220. The third-order valence-electron chi connectivity index (χ3n) is 11.4. The first-order chi connectivity index (χ1) is 27.9. The van der Waals surface area contributed by atoms with Crippen LogP contribution in [0.3, 0.4) is 0 Å². The monoisotopic (exact) mass is 831 g/mol. The molecule has 15 nitrogen and oxygen atoms in total. The molecular formula is C43H61N9O6S. The Morgan fingerprint density at radius 2 is 1.59 bits per heavy atom. The molecule has 0 bridgehead atoms. The number of hydrogen-bond acceptors (Lipinski definition) is 12. The van der Waals surface area contributed by atoms with Crippen LogP contribution in [0.5, 0.6) is 0 Å². The van der Waals surface area contributed by atoms with Crippen molar-refractivity contribution in [1.82, 2.24) is 40.3 Å². The van der Waals surface area contributed by atoms with Gasteiger partial charge in [-0.05, 0) is 69.9 Å². The summed E-state index contributed by atoms with van der Waals surface area (Å²) in [6.07, 6.45) is 3.91. The molecule has 6 rings (SSSR count). The van der Waals surface area contributed by atoms with Gasteiger partial charge in [0.1, 0.15) is 29.2 Å². The van der Waals surface area contributed by atoms with Gasteiger partial charge in [-0.25, -0.2) is 19.7 Å². The van der Waals surface area contributed by atoms with Gasteiger partial charge in [0.25, 0.3) is 5.91 Å². The fraction of sp³-hybridized carbons (Fsp3) is 0.605. The molecule has 0 saturated carbocycles. The number of nitrogens with one attached hydrogen (secondary N) is 2. The minimum atomic E-state index is -1.00. The summed E-state index contributed by atoms with van der Waals surface area (Å²) in [5.74, 6) is -0.166. The van der Waals surface area contributed by atoms with Crippen LogP contribution in [0.2, 0.25) is 0 Å². The summed E-state index contributed by atoms with van der Waals surface area (Å²) >= 11 is 1.58. The number of carbonyl (C=O) groups is 4. The number of amides is 4. The maximum atomic E-state index is 14.2. The largest absolute Gasteiger partial charge is 0.444 e. The number of likely N-dealkylation sites (tertiary alicyclic amines) is 2. The second kappa shape index (κ2) is 18.3. The quantitative estimate of drug-likeness (QED) is 0.260. The van der Waals surface area contributed by atoms with Crippen molar-refractivity contribution in [3.8, 4) is 10.4 Å². The summed E-state index contributed by atoms with van der Waals surface area (Å²) in [6.45, 7) is 20.7. The summed E-state index contributed by atoms with van der Waals surface area (Å²) in [5, 5.41) is 16.6. The van der Waals surface area contributed by atoms with Crippen LogP contribution in [0, 0.1) is 18.3 Å². The molecule has 0 unspecified atom stereocenters. The predicted octanol–water partition coefficient (Wildman–Crippen LogP) is 4.66. The van der Waals surface area contributed by atoms with E-state index in [1.807, 2.05) is 90.1 Å². The number of aliphatic hydroxyl groups is 1. The number of carbonyl (C=O) groups excluding carboxylic acids is 4. The molecule has 4 atom stereocenters. The summed E-state index contributed by atoms with van der Waals surface area (Å²) < 4.78 is 5.54. The van der Waals surface area contributed by atoms with Gasteiger partial charge in [0.2, 0.25) is 11.8 Å².